The fraction of sp³-hybridized carbons (Fsp3) is 0.235. The summed E-state index contributed by atoms with van der Waals surface area (Å²) in [4.78, 5) is 1.86. The van der Waals surface area contributed by atoms with Gasteiger partial charge in [-0.3, -0.25) is 4.90 Å². The number of anilines is 1. The Morgan fingerprint density at radius 2 is 2.13 bits per heavy atom. The fourth-order valence-electron chi connectivity index (χ4n) is 3.34. The molecule has 2 heterocycles. The highest BCUT2D eigenvalue weighted by Crippen LogP contribution is 2.45. The van der Waals surface area contributed by atoms with Crippen LogP contribution in [0, 0.1) is 5.82 Å². The molecule has 3 nitrogen and oxygen atoms in total. The van der Waals surface area contributed by atoms with Crippen LogP contribution in [0.25, 0.3) is 0 Å². The molecule has 0 aliphatic carbocycles. The molecule has 0 saturated carbocycles. The van der Waals surface area contributed by atoms with Crippen molar-refractivity contribution >= 4 is 34.6 Å². The van der Waals surface area contributed by atoms with E-state index < -0.39 is 11.5 Å². The Morgan fingerprint density at radius 3 is 2.91 bits per heavy atom. The molecular weight excluding hydrogens is 335 g/mol. The summed E-state index contributed by atoms with van der Waals surface area (Å²) in [6, 6.07) is 12.6. The van der Waals surface area contributed by atoms with E-state index in [1.807, 2.05) is 36.1 Å². The fourth-order valence-corrected chi connectivity index (χ4v) is 3.95. The molecule has 1 fully saturated rings. The van der Waals surface area contributed by atoms with Gasteiger partial charge in [0, 0.05) is 17.7 Å². The molecule has 23 heavy (non-hydrogen) atoms. The van der Waals surface area contributed by atoms with Crippen molar-refractivity contribution < 1.29 is 9.13 Å². The molecule has 2 atom stereocenters. The number of ether oxygens (including phenoxy) is 1. The third-order valence-corrected chi connectivity index (χ3v) is 4.93. The van der Waals surface area contributed by atoms with Crippen molar-refractivity contribution in [2.45, 2.75) is 25.1 Å². The molecule has 118 valence electrons. The molecule has 2 aliphatic heterocycles. The Balaban J connectivity index is 1.81. The highest BCUT2D eigenvalue weighted by atomic mass is 35.5. The summed E-state index contributed by atoms with van der Waals surface area (Å²) in [5.74, 6) is 0.378. The summed E-state index contributed by atoms with van der Waals surface area (Å²) < 4.78 is 19.7. The first kappa shape index (κ1) is 14.7. The van der Waals surface area contributed by atoms with Gasteiger partial charge in [-0.05, 0) is 43.4 Å². The van der Waals surface area contributed by atoms with E-state index in [9.17, 15) is 4.39 Å². The van der Waals surface area contributed by atoms with Gasteiger partial charge in [-0.25, -0.2) is 4.39 Å². The van der Waals surface area contributed by atoms with Crippen molar-refractivity contribution in [1.82, 2.24) is 5.32 Å². The SMILES string of the molecule is CC12CC(NC(=S)N1c1ccc(F)c(Cl)c1)c1ccccc1O2. The molecule has 1 saturated heterocycles. The number of thiocarbonyl (C=S) groups is 1. The standard InChI is InChI=1S/C17H14ClFN2OS/c1-17-9-14(11-4-2-3-5-15(11)22-17)20-16(23)21(17)10-6-7-13(19)12(18)8-10/h2-8,14H,9H2,1H3,(H,20,23). The van der Waals surface area contributed by atoms with Gasteiger partial charge < -0.3 is 10.1 Å². The quantitative estimate of drug-likeness (QED) is 0.771. The lowest BCUT2D eigenvalue weighted by Gasteiger charge is -2.52. The molecule has 6 heteroatoms. The van der Waals surface area contributed by atoms with Gasteiger partial charge in [-0.2, -0.15) is 0 Å². The molecule has 2 unspecified atom stereocenters. The normalized spacial score (nSPS) is 25.4. The van der Waals surface area contributed by atoms with Crippen LogP contribution in [0.5, 0.6) is 5.75 Å². The summed E-state index contributed by atoms with van der Waals surface area (Å²) in [7, 11) is 0. The third kappa shape index (κ3) is 2.26. The smallest absolute Gasteiger partial charge is 0.188 e. The van der Waals surface area contributed by atoms with Crippen molar-refractivity contribution in [2.24, 2.45) is 0 Å². The summed E-state index contributed by atoms with van der Waals surface area (Å²) in [5.41, 5.74) is 1.15. The third-order valence-electron chi connectivity index (χ3n) is 4.34. The van der Waals surface area contributed by atoms with Crippen LogP contribution >= 0.6 is 23.8 Å². The predicted octanol–water partition coefficient (Wildman–Crippen LogP) is 4.41. The first-order chi connectivity index (χ1) is 11.0. The van der Waals surface area contributed by atoms with Gasteiger partial charge in [0.1, 0.15) is 11.6 Å². The highest BCUT2D eigenvalue weighted by Gasteiger charge is 2.48. The molecule has 0 spiro atoms. The zero-order valence-corrected chi connectivity index (χ0v) is 13.9. The molecular formula is C17H14ClFN2OS. The summed E-state index contributed by atoms with van der Waals surface area (Å²) in [6.07, 6.45) is 0.721. The van der Waals surface area contributed by atoms with Crippen molar-refractivity contribution in [1.29, 1.82) is 0 Å². The molecule has 2 aromatic rings. The monoisotopic (exact) mass is 348 g/mol. The maximum Gasteiger partial charge on any atom is 0.188 e. The van der Waals surface area contributed by atoms with Crippen LogP contribution in [0.4, 0.5) is 10.1 Å². The second kappa shape index (κ2) is 5.08. The van der Waals surface area contributed by atoms with E-state index in [-0.39, 0.29) is 11.1 Å². The summed E-state index contributed by atoms with van der Waals surface area (Å²) in [6.45, 7) is 1.99. The molecule has 2 aliphatic rings. The Morgan fingerprint density at radius 1 is 1.35 bits per heavy atom. The highest BCUT2D eigenvalue weighted by molar-refractivity contribution is 7.80. The Labute approximate surface area is 144 Å². The second-order valence-corrected chi connectivity index (χ2v) is 6.75. The van der Waals surface area contributed by atoms with Crippen molar-refractivity contribution in [3.8, 4) is 5.75 Å². The minimum absolute atomic E-state index is 0.0623. The number of fused-ring (bicyclic) bond motifs is 4. The van der Waals surface area contributed by atoms with Crippen molar-refractivity contribution in [2.75, 3.05) is 4.90 Å². The minimum atomic E-state index is -0.650. The topological polar surface area (TPSA) is 24.5 Å². The second-order valence-electron chi connectivity index (χ2n) is 5.95. The first-order valence-corrected chi connectivity index (χ1v) is 8.10. The van der Waals surface area contributed by atoms with E-state index in [1.165, 1.54) is 6.07 Å². The number of benzene rings is 2. The number of rotatable bonds is 1. The maximum atomic E-state index is 13.5. The van der Waals surface area contributed by atoms with Crippen LogP contribution in [-0.4, -0.2) is 10.8 Å². The van der Waals surface area contributed by atoms with E-state index in [0.29, 0.717) is 10.8 Å². The summed E-state index contributed by atoms with van der Waals surface area (Å²) >= 11 is 11.5. The van der Waals surface area contributed by atoms with E-state index >= 15 is 0 Å². The molecule has 2 aromatic carbocycles. The number of nitrogens with zero attached hydrogens (tertiary/aromatic N) is 1. The number of halogens is 2. The average molecular weight is 349 g/mol. The van der Waals surface area contributed by atoms with Crippen LogP contribution in [0.15, 0.2) is 42.5 Å². The number of para-hydroxylation sites is 1. The number of hydrogen-bond acceptors (Lipinski definition) is 2. The average Bonchev–Trinajstić information content (AvgIpc) is 2.50. The van der Waals surface area contributed by atoms with E-state index in [2.05, 4.69) is 5.32 Å². The van der Waals surface area contributed by atoms with Crippen LogP contribution in [0.3, 0.4) is 0 Å². The molecule has 0 amide bonds. The first-order valence-electron chi connectivity index (χ1n) is 7.32. The zero-order valence-electron chi connectivity index (χ0n) is 12.3. The zero-order chi connectivity index (χ0) is 16.2. The van der Waals surface area contributed by atoms with Gasteiger partial charge in [-0.1, -0.05) is 29.8 Å². The largest absolute Gasteiger partial charge is 0.467 e. The molecule has 1 N–H and O–H groups in total. The van der Waals surface area contributed by atoms with E-state index in [1.54, 1.807) is 12.1 Å². The maximum absolute atomic E-state index is 13.5. The lowest BCUT2D eigenvalue weighted by Crippen LogP contribution is -2.65. The van der Waals surface area contributed by atoms with Crippen molar-refractivity contribution in [3.05, 3.63) is 58.9 Å². The van der Waals surface area contributed by atoms with Gasteiger partial charge in [0.25, 0.3) is 0 Å². The van der Waals surface area contributed by atoms with Crippen LogP contribution in [0.1, 0.15) is 24.9 Å². The molecule has 0 radical (unpaired) electrons. The van der Waals surface area contributed by atoms with Gasteiger partial charge >= 0.3 is 0 Å². The number of hydrogen-bond donors (Lipinski definition) is 1. The van der Waals surface area contributed by atoms with Gasteiger partial charge in [0.2, 0.25) is 0 Å². The molecule has 2 bridgehead atoms. The van der Waals surface area contributed by atoms with E-state index in [4.69, 9.17) is 28.6 Å². The van der Waals surface area contributed by atoms with Gasteiger partial charge in [0.05, 0.1) is 11.1 Å². The Kier molecular flexibility index (Phi) is 3.25. The van der Waals surface area contributed by atoms with Gasteiger partial charge in [0.15, 0.2) is 10.8 Å². The molecule has 0 aromatic heterocycles. The Bertz CT molecular complexity index is 815. The predicted molar refractivity (Wildman–Crippen MR) is 92.5 cm³/mol. The Hall–Kier alpha value is -1.85. The minimum Gasteiger partial charge on any atom is -0.467 e. The number of nitrogens with one attached hydrogen (secondary N) is 1. The lowest BCUT2D eigenvalue weighted by molar-refractivity contribution is 0.0498. The lowest BCUT2D eigenvalue weighted by atomic mass is 9.90. The van der Waals surface area contributed by atoms with Gasteiger partial charge in [-0.15, -0.1) is 0 Å². The van der Waals surface area contributed by atoms with Crippen LogP contribution < -0.4 is 15.0 Å². The summed E-state index contributed by atoms with van der Waals surface area (Å²) in [5, 5.41) is 3.96. The molecule has 4 rings (SSSR count). The van der Waals surface area contributed by atoms with Crippen molar-refractivity contribution in [3.63, 3.8) is 0 Å². The van der Waals surface area contributed by atoms with E-state index in [0.717, 1.165) is 17.7 Å². The van der Waals surface area contributed by atoms with Crippen LogP contribution in [0.2, 0.25) is 5.02 Å². The van der Waals surface area contributed by atoms with Crippen LogP contribution in [-0.2, 0) is 0 Å².